The third kappa shape index (κ3) is 2.30. The summed E-state index contributed by atoms with van der Waals surface area (Å²) in [6, 6.07) is 5.08. The van der Waals surface area contributed by atoms with E-state index < -0.39 is 12.0 Å². The molecule has 0 bridgehead atoms. The van der Waals surface area contributed by atoms with Crippen LogP contribution in [0.15, 0.2) is 18.2 Å². The van der Waals surface area contributed by atoms with Crippen molar-refractivity contribution in [3.8, 4) is 0 Å². The van der Waals surface area contributed by atoms with Crippen LogP contribution in [0, 0.1) is 13.8 Å². The molecule has 1 aromatic rings. The average molecular weight is 248 g/mol. The molecule has 0 spiro atoms. The van der Waals surface area contributed by atoms with Gasteiger partial charge in [0.05, 0.1) is 6.54 Å². The van der Waals surface area contributed by atoms with Gasteiger partial charge in [0, 0.05) is 12.2 Å². The maximum Gasteiger partial charge on any atom is 0.328 e. The van der Waals surface area contributed by atoms with E-state index in [-0.39, 0.29) is 19.0 Å². The number of aliphatic carboxylic acids is 1. The van der Waals surface area contributed by atoms with Gasteiger partial charge >= 0.3 is 5.97 Å². The first kappa shape index (κ1) is 12.4. The molecular weight excluding hydrogens is 232 g/mol. The zero-order valence-corrected chi connectivity index (χ0v) is 10.4. The molecule has 1 aliphatic rings. The zero-order chi connectivity index (χ0) is 13.3. The quantitative estimate of drug-likeness (QED) is 0.808. The number of carbonyl (C=O) groups excluding carboxylic acids is 1. The monoisotopic (exact) mass is 248 g/mol. The Morgan fingerprint density at radius 2 is 2.17 bits per heavy atom. The van der Waals surface area contributed by atoms with Gasteiger partial charge in [0.15, 0.2) is 0 Å². The Labute approximate surface area is 105 Å². The fourth-order valence-corrected chi connectivity index (χ4v) is 2.24. The van der Waals surface area contributed by atoms with E-state index in [1.54, 1.807) is 4.90 Å². The predicted octanol–water partition coefficient (Wildman–Crippen LogP) is 0.693. The highest BCUT2D eigenvalue weighted by Crippen LogP contribution is 2.24. The number of carbonyl (C=O) groups is 2. The highest BCUT2D eigenvalue weighted by Gasteiger charge is 2.32. The summed E-state index contributed by atoms with van der Waals surface area (Å²) in [5, 5.41) is 11.8. The lowest BCUT2D eigenvalue weighted by Crippen LogP contribution is -2.57. The largest absolute Gasteiger partial charge is 0.480 e. The van der Waals surface area contributed by atoms with Gasteiger partial charge in [0.25, 0.3) is 0 Å². The lowest BCUT2D eigenvalue weighted by molar-refractivity contribution is -0.139. The number of anilines is 1. The second-order valence-electron chi connectivity index (χ2n) is 4.58. The average Bonchev–Trinajstić information content (AvgIpc) is 2.28. The smallest absolute Gasteiger partial charge is 0.328 e. The van der Waals surface area contributed by atoms with Gasteiger partial charge in [-0.1, -0.05) is 17.7 Å². The van der Waals surface area contributed by atoms with E-state index in [2.05, 4.69) is 5.32 Å². The molecular formula is C13H16N2O3. The number of amides is 1. The fourth-order valence-electron chi connectivity index (χ4n) is 2.24. The minimum Gasteiger partial charge on any atom is -0.480 e. The molecule has 96 valence electrons. The molecule has 1 fully saturated rings. The summed E-state index contributed by atoms with van der Waals surface area (Å²) in [6.45, 7) is 4.13. The second-order valence-corrected chi connectivity index (χ2v) is 4.58. The Balaban J connectivity index is 2.38. The van der Waals surface area contributed by atoms with Crippen molar-refractivity contribution in [1.29, 1.82) is 0 Å². The summed E-state index contributed by atoms with van der Waals surface area (Å²) in [6.07, 6.45) is 0. The van der Waals surface area contributed by atoms with Gasteiger partial charge in [-0.25, -0.2) is 4.79 Å². The van der Waals surface area contributed by atoms with Crippen LogP contribution < -0.4 is 10.2 Å². The summed E-state index contributed by atoms with van der Waals surface area (Å²) in [7, 11) is 0. The number of aryl methyl sites for hydroxylation is 2. The summed E-state index contributed by atoms with van der Waals surface area (Å²) in [5.74, 6) is -1.07. The van der Waals surface area contributed by atoms with Crippen molar-refractivity contribution in [1.82, 2.24) is 5.32 Å². The first-order chi connectivity index (χ1) is 8.49. The van der Waals surface area contributed by atoms with Crippen LogP contribution in [-0.4, -0.2) is 36.1 Å². The number of carboxylic acid groups (broad SMARTS) is 1. The second kappa shape index (κ2) is 4.68. The molecule has 1 unspecified atom stereocenters. The van der Waals surface area contributed by atoms with Gasteiger partial charge in [-0.15, -0.1) is 0 Å². The van der Waals surface area contributed by atoms with E-state index in [4.69, 9.17) is 0 Å². The fraction of sp³-hybridized carbons (Fsp3) is 0.385. The molecule has 0 aromatic heterocycles. The Bertz CT molecular complexity index is 499. The van der Waals surface area contributed by atoms with Crippen molar-refractivity contribution in [3.63, 3.8) is 0 Å². The molecule has 2 rings (SSSR count). The van der Waals surface area contributed by atoms with Crippen molar-refractivity contribution < 1.29 is 14.7 Å². The maximum atomic E-state index is 11.4. The lowest BCUT2D eigenvalue weighted by Gasteiger charge is -2.35. The van der Waals surface area contributed by atoms with Crippen LogP contribution >= 0.6 is 0 Å². The molecule has 0 saturated carbocycles. The van der Waals surface area contributed by atoms with Gasteiger partial charge < -0.3 is 15.3 Å². The third-order valence-electron chi connectivity index (χ3n) is 3.13. The van der Waals surface area contributed by atoms with Gasteiger partial charge in [0.2, 0.25) is 5.91 Å². The molecule has 1 atom stereocenters. The zero-order valence-electron chi connectivity index (χ0n) is 10.4. The van der Waals surface area contributed by atoms with Gasteiger partial charge in [0.1, 0.15) is 6.04 Å². The van der Waals surface area contributed by atoms with Crippen molar-refractivity contribution >= 4 is 17.6 Å². The van der Waals surface area contributed by atoms with Gasteiger partial charge in [-0.05, 0) is 25.5 Å². The van der Waals surface area contributed by atoms with Crippen molar-refractivity contribution in [2.24, 2.45) is 0 Å². The highest BCUT2D eigenvalue weighted by molar-refractivity contribution is 5.89. The molecule has 18 heavy (non-hydrogen) atoms. The summed E-state index contributed by atoms with van der Waals surface area (Å²) in [5.41, 5.74) is 2.91. The molecule has 1 aliphatic heterocycles. The van der Waals surface area contributed by atoms with E-state index in [0.717, 1.165) is 16.8 Å². The number of piperazine rings is 1. The number of carboxylic acids is 1. The first-order valence-electron chi connectivity index (χ1n) is 5.82. The van der Waals surface area contributed by atoms with Gasteiger partial charge in [-0.2, -0.15) is 0 Å². The third-order valence-corrected chi connectivity index (χ3v) is 3.13. The van der Waals surface area contributed by atoms with E-state index >= 15 is 0 Å². The van der Waals surface area contributed by atoms with Crippen LogP contribution in [-0.2, 0) is 9.59 Å². The van der Waals surface area contributed by atoms with Crippen LogP contribution in [0.25, 0.3) is 0 Å². The maximum absolute atomic E-state index is 11.4. The Hall–Kier alpha value is -2.04. The standard InChI is InChI=1S/C13H16N2O3/c1-8-3-4-10(9(2)5-8)15-7-12(16)14-6-11(15)13(17)18/h3-5,11H,6-7H2,1-2H3,(H,14,16)(H,17,18). The normalized spacial score (nSPS) is 19.6. The molecule has 0 radical (unpaired) electrons. The van der Waals surface area contributed by atoms with E-state index in [1.165, 1.54) is 0 Å². The Morgan fingerprint density at radius 1 is 1.44 bits per heavy atom. The number of hydrogen-bond donors (Lipinski definition) is 2. The van der Waals surface area contributed by atoms with Crippen LogP contribution in [0.3, 0.4) is 0 Å². The number of rotatable bonds is 2. The Morgan fingerprint density at radius 3 is 2.78 bits per heavy atom. The molecule has 5 heteroatoms. The highest BCUT2D eigenvalue weighted by atomic mass is 16.4. The van der Waals surface area contributed by atoms with Crippen LogP contribution in [0.4, 0.5) is 5.69 Å². The number of benzene rings is 1. The summed E-state index contributed by atoms with van der Waals surface area (Å²) >= 11 is 0. The molecule has 1 heterocycles. The predicted molar refractivity (Wildman–Crippen MR) is 67.7 cm³/mol. The number of hydrogen-bond acceptors (Lipinski definition) is 3. The Kier molecular flexibility index (Phi) is 3.23. The molecule has 1 amide bonds. The van der Waals surface area contributed by atoms with Gasteiger partial charge in [-0.3, -0.25) is 4.79 Å². The van der Waals surface area contributed by atoms with Crippen LogP contribution in [0.2, 0.25) is 0 Å². The lowest BCUT2D eigenvalue weighted by atomic mass is 10.1. The van der Waals surface area contributed by atoms with E-state index in [9.17, 15) is 14.7 Å². The number of nitrogens with zero attached hydrogens (tertiary/aromatic N) is 1. The SMILES string of the molecule is Cc1ccc(N2CC(=O)NCC2C(=O)O)c(C)c1. The first-order valence-corrected chi connectivity index (χ1v) is 5.82. The van der Waals surface area contributed by atoms with Crippen molar-refractivity contribution in [2.75, 3.05) is 18.0 Å². The van der Waals surface area contributed by atoms with E-state index in [0.29, 0.717) is 0 Å². The molecule has 1 aromatic carbocycles. The van der Waals surface area contributed by atoms with Crippen molar-refractivity contribution in [2.45, 2.75) is 19.9 Å². The molecule has 1 saturated heterocycles. The molecule has 0 aliphatic carbocycles. The topological polar surface area (TPSA) is 69.6 Å². The summed E-state index contributed by atoms with van der Waals surface area (Å²) in [4.78, 5) is 24.3. The number of nitrogens with one attached hydrogen (secondary N) is 1. The molecule has 2 N–H and O–H groups in total. The van der Waals surface area contributed by atoms with Crippen LogP contribution in [0.5, 0.6) is 0 Å². The van der Waals surface area contributed by atoms with Crippen LogP contribution in [0.1, 0.15) is 11.1 Å². The van der Waals surface area contributed by atoms with E-state index in [1.807, 2.05) is 32.0 Å². The van der Waals surface area contributed by atoms with Crippen molar-refractivity contribution in [3.05, 3.63) is 29.3 Å². The summed E-state index contributed by atoms with van der Waals surface area (Å²) < 4.78 is 0. The minimum absolute atomic E-state index is 0.0842. The minimum atomic E-state index is -0.921. The molecule has 5 nitrogen and oxygen atoms in total.